The van der Waals surface area contributed by atoms with Gasteiger partial charge in [-0.2, -0.15) is 8.78 Å². The summed E-state index contributed by atoms with van der Waals surface area (Å²) in [4.78, 5) is 54.2. The fraction of sp³-hybridized carbons (Fsp3) is 0.452. The van der Waals surface area contributed by atoms with Crippen LogP contribution in [0.15, 0.2) is 54.6 Å². The minimum Gasteiger partial charge on any atom is -0.365 e. The summed E-state index contributed by atoms with van der Waals surface area (Å²) < 4.78 is 41.3. The number of primary amides is 1. The van der Waals surface area contributed by atoms with Crippen LogP contribution in [0.5, 0.6) is 0 Å². The van der Waals surface area contributed by atoms with Crippen molar-refractivity contribution in [3.63, 3.8) is 0 Å². The molecule has 7 rings (SSSR count). The van der Waals surface area contributed by atoms with Crippen molar-refractivity contribution in [1.82, 2.24) is 9.80 Å². The van der Waals surface area contributed by atoms with E-state index in [0.29, 0.717) is 34.0 Å². The summed E-state index contributed by atoms with van der Waals surface area (Å²) >= 11 is 1.09. The van der Waals surface area contributed by atoms with Crippen molar-refractivity contribution >= 4 is 48.0 Å². The summed E-state index contributed by atoms with van der Waals surface area (Å²) in [6, 6.07) is 14.6. The van der Waals surface area contributed by atoms with Crippen LogP contribution in [0.1, 0.15) is 59.3 Å². The number of hydrogen-bond donors (Lipinski definition) is 3. The molecule has 4 fully saturated rings. The Balaban J connectivity index is 0.000000133. The zero-order valence-electron chi connectivity index (χ0n) is 23.9. The second-order valence-corrected chi connectivity index (χ2v) is 14.0. The van der Waals surface area contributed by atoms with Gasteiger partial charge in [0.05, 0.1) is 18.0 Å². The van der Waals surface area contributed by atoms with Crippen LogP contribution in [0.4, 0.5) is 13.2 Å². The highest BCUT2D eigenvalue weighted by molar-refractivity contribution is 7.46. The summed E-state index contributed by atoms with van der Waals surface area (Å²) in [5.74, 6) is 1.72. The first-order valence-corrected chi connectivity index (χ1v) is 16.6. The predicted octanol–water partition coefficient (Wildman–Crippen LogP) is 5.47. The molecular weight excluding hydrogens is 614 g/mol. The molecule has 3 atom stereocenters. The third-order valence-corrected chi connectivity index (χ3v) is 10.7. The number of carbonyl (C=O) groups is 3. The molecule has 4 heterocycles. The highest BCUT2D eigenvalue weighted by Crippen LogP contribution is 2.53. The van der Waals surface area contributed by atoms with Crippen LogP contribution in [0.3, 0.4) is 0 Å². The molecule has 44 heavy (non-hydrogen) atoms. The number of alkyl halides is 3. The zero-order chi connectivity index (χ0) is 31.6. The van der Waals surface area contributed by atoms with Gasteiger partial charge in [0.15, 0.2) is 5.67 Å². The maximum Gasteiger partial charge on any atom is 0.339 e. The van der Waals surface area contributed by atoms with Crippen molar-refractivity contribution in [2.75, 3.05) is 19.6 Å². The van der Waals surface area contributed by atoms with E-state index >= 15 is 0 Å². The lowest BCUT2D eigenvalue weighted by molar-refractivity contribution is -0.133. The molecular formula is C31H35F3N3O5PS. The normalized spacial score (nSPS) is 23.6. The number of likely N-dealkylation sites (tertiary alicyclic amines) is 1. The Morgan fingerprint density at radius 3 is 2.45 bits per heavy atom. The molecule has 4 aliphatic rings. The molecule has 13 heteroatoms. The molecule has 3 saturated heterocycles. The Bertz CT molecular complexity index is 1500. The molecule has 1 aliphatic carbocycles. The maximum atomic E-state index is 13.9. The van der Waals surface area contributed by atoms with Crippen LogP contribution < -0.4 is 5.73 Å². The van der Waals surface area contributed by atoms with E-state index in [1.165, 1.54) is 49.1 Å². The fourth-order valence-electron chi connectivity index (χ4n) is 6.22. The van der Waals surface area contributed by atoms with Gasteiger partial charge in [0, 0.05) is 29.3 Å². The SMILES string of the molecule is NC(=O)c1cc2cc(C(F)(F)P(O)O)ccc2s1.O=C1CCC2CC2CC2CCCN12.O=CN1CC(F)(c2ccccc2)C1. The van der Waals surface area contributed by atoms with E-state index < -0.39 is 31.2 Å². The quantitative estimate of drug-likeness (QED) is 0.250. The van der Waals surface area contributed by atoms with E-state index in [0.717, 1.165) is 48.3 Å². The van der Waals surface area contributed by atoms with Crippen molar-refractivity contribution in [1.29, 1.82) is 0 Å². The van der Waals surface area contributed by atoms with Gasteiger partial charge < -0.3 is 25.3 Å². The summed E-state index contributed by atoms with van der Waals surface area (Å²) in [6.45, 7) is 1.40. The summed E-state index contributed by atoms with van der Waals surface area (Å²) in [6.07, 6.45) is 7.93. The lowest BCUT2D eigenvalue weighted by atomic mass is 9.89. The summed E-state index contributed by atoms with van der Waals surface area (Å²) in [5.41, 5.74) is 0.243. The average molecular weight is 650 g/mol. The second kappa shape index (κ2) is 13.1. The smallest absolute Gasteiger partial charge is 0.339 e. The van der Waals surface area contributed by atoms with Gasteiger partial charge in [-0.25, -0.2) is 4.39 Å². The molecule has 3 unspecified atom stereocenters. The minimum absolute atomic E-state index is 0.181. The van der Waals surface area contributed by atoms with E-state index in [9.17, 15) is 27.6 Å². The highest BCUT2D eigenvalue weighted by Gasteiger charge is 2.45. The Morgan fingerprint density at radius 2 is 1.80 bits per heavy atom. The van der Waals surface area contributed by atoms with Gasteiger partial charge in [0.25, 0.3) is 5.91 Å². The van der Waals surface area contributed by atoms with Gasteiger partial charge >= 0.3 is 5.66 Å². The van der Waals surface area contributed by atoms with Crippen molar-refractivity contribution in [2.45, 2.75) is 55.9 Å². The molecule has 4 N–H and O–H groups in total. The highest BCUT2D eigenvalue weighted by atomic mass is 32.1. The van der Waals surface area contributed by atoms with E-state index in [-0.39, 0.29) is 18.0 Å². The average Bonchev–Trinajstić information content (AvgIpc) is 3.33. The Morgan fingerprint density at radius 1 is 1.07 bits per heavy atom. The topological polar surface area (TPSA) is 124 Å². The molecule has 3 aromatic rings. The first kappa shape index (κ1) is 32.3. The number of fused-ring (bicyclic) bond motifs is 3. The van der Waals surface area contributed by atoms with E-state index in [4.69, 9.17) is 15.5 Å². The largest absolute Gasteiger partial charge is 0.365 e. The predicted molar refractivity (Wildman–Crippen MR) is 163 cm³/mol. The molecule has 3 aliphatic heterocycles. The number of halogens is 3. The first-order valence-electron chi connectivity index (χ1n) is 14.5. The molecule has 8 nitrogen and oxygen atoms in total. The first-order chi connectivity index (χ1) is 20.9. The van der Waals surface area contributed by atoms with Gasteiger partial charge in [-0.3, -0.25) is 14.4 Å². The lowest BCUT2D eigenvalue weighted by Gasteiger charge is -2.42. The molecule has 1 aromatic heterocycles. The van der Waals surface area contributed by atoms with Crippen LogP contribution in [0.2, 0.25) is 0 Å². The number of thiophene rings is 1. The molecule has 0 radical (unpaired) electrons. The lowest BCUT2D eigenvalue weighted by Crippen LogP contribution is -2.55. The van der Waals surface area contributed by atoms with Crippen LogP contribution >= 0.6 is 19.7 Å². The van der Waals surface area contributed by atoms with E-state index in [2.05, 4.69) is 4.90 Å². The molecule has 2 aromatic carbocycles. The molecule has 236 valence electrons. The van der Waals surface area contributed by atoms with Crippen LogP contribution in [0.25, 0.3) is 10.1 Å². The van der Waals surface area contributed by atoms with Crippen molar-refractivity contribution in [3.05, 3.63) is 70.6 Å². The third kappa shape index (κ3) is 7.09. The van der Waals surface area contributed by atoms with Gasteiger partial charge in [-0.05, 0) is 73.1 Å². The molecule has 0 spiro atoms. The number of benzene rings is 2. The Kier molecular flexibility index (Phi) is 9.65. The van der Waals surface area contributed by atoms with Crippen molar-refractivity contribution in [3.8, 4) is 0 Å². The van der Waals surface area contributed by atoms with Gasteiger partial charge in [0.1, 0.15) is 0 Å². The Hall–Kier alpha value is -3.05. The van der Waals surface area contributed by atoms with Crippen LogP contribution in [-0.2, 0) is 20.9 Å². The zero-order valence-corrected chi connectivity index (χ0v) is 25.7. The van der Waals surface area contributed by atoms with E-state index in [1.54, 1.807) is 24.3 Å². The number of carbonyl (C=O) groups excluding carboxylic acids is 3. The number of amides is 3. The standard InChI is InChI=1S/C11H17NO.C10H8F2NO3PS.C10H10FNO/c13-11-4-3-8-6-9(8)7-10-2-1-5-12(10)11;11-10(12,17(15)16)6-1-2-7-5(3-6)4-8(18-7)9(13)14;11-10(6-12(7-10)8-13)9-4-2-1-3-5-9/h8-10H,1-7H2;1-4,15-16H,(H2,13,14);1-5,8H,6-7H2. The van der Waals surface area contributed by atoms with Gasteiger partial charge in [0.2, 0.25) is 20.7 Å². The summed E-state index contributed by atoms with van der Waals surface area (Å²) in [5, 5.41) is 0.419. The second-order valence-electron chi connectivity index (χ2n) is 11.8. The monoisotopic (exact) mass is 649 g/mol. The van der Waals surface area contributed by atoms with Crippen molar-refractivity contribution < 1.29 is 37.3 Å². The Labute approximate surface area is 258 Å². The number of rotatable bonds is 5. The fourth-order valence-corrected chi connectivity index (χ4v) is 7.49. The summed E-state index contributed by atoms with van der Waals surface area (Å²) in [7, 11) is -3.40. The molecule has 1 saturated carbocycles. The molecule has 3 amide bonds. The van der Waals surface area contributed by atoms with Crippen LogP contribution in [-0.4, -0.2) is 63.5 Å². The van der Waals surface area contributed by atoms with Crippen molar-refractivity contribution in [2.24, 2.45) is 17.6 Å². The number of hydrogen-bond acceptors (Lipinski definition) is 6. The minimum atomic E-state index is -3.70. The number of nitrogens with zero attached hydrogens (tertiary/aromatic N) is 2. The van der Waals surface area contributed by atoms with Gasteiger partial charge in [-0.15, -0.1) is 11.3 Å². The van der Waals surface area contributed by atoms with E-state index in [1.807, 2.05) is 6.07 Å². The molecule has 0 bridgehead atoms. The van der Waals surface area contributed by atoms with Crippen LogP contribution in [0, 0.1) is 11.8 Å². The van der Waals surface area contributed by atoms with Gasteiger partial charge in [-0.1, -0.05) is 36.4 Å². The third-order valence-electron chi connectivity index (χ3n) is 8.78. The maximum absolute atomic E-state index is 13.9. The number of nitrogens with two attached hydrogens (primary N) is 1.